The van der Waals surface area contributed by atoms with Gasteiger partial charge in [0.25, 0.3) is 0 Å². The van der Waals surface area contributed by atoms with E-state index in [1.54, 1.807) is 0 Å². The Morgan fingerprint density at radius 3 is 1.95 bits per heavy atom. The van der Waals surface area contributed by atoms with E-state index in [0.29, 0.717) is 0 Å². The molecule has 0 heterocycles. The van der Waals surface area contributed by atoms with Crippen LogP contribution in [0.1, 0.15) is 96.8 Å². The van der Waals surface area contributed by atoms with E-state index in [0.717, 1.165) is 18.4 Å². The maximum Gasteiger partial charge on any atom is -0.00462 e. The van der Waals surface area contributed by atoms with Crippen molar-refractivity contribution in [2.75, 3.05) is 6.54 Å². The Hall–Kier alpha value is -0.0400. The summed E-state index contributed by atoms with van der Waals surface area (Å²) in [6.45, 7) is 3.22. The normalized spacial score (nSPS) is 24.3. The van der Waals surface area contributed by atoms with Gasteiger partial charge in [0.15, 0.2) is 0 Å². The highest BCUT2D eigenvalue weighted by Gasteiger charge is 2.21. The van der Waals surface area contributed by atoms with Crippen molar-refractivity contribution in [2.24, 2.45) is 17.6 Å². The zero-order chi connectivity index (χ0) is 13.8. The minimum atomic E-state index is 0.840. The van der Waals surface area contributed by atoms with Gasteiger partial charge in [-0.25, -0.2) is 0 Å². The zero-order valence-electron chi connectivity index (χ0n) is 13.3. The van der Waals surface area contributed by atoms with E-state index in [-0.39, 0.29) is 0 Å². The largest absolute Gasteiger partial charge is 0.330 e. The van der Waals surface area contributed by atoms with E-state index in [1.807, 2.05) is 0 Å². The second kappa shape index (κ2) is 11.8. The summed E-state index contributed by atoms with van der Waals surface area (Å²) >= 11 is 0. The van der Waals surface area contributed by atoms with Gasteiger partial charge >= 0.3 is 0 Å². The lowest BCUT2D eigenvalue weighted by atomic mass is 9.84. The summed E-state index contributed by atoms with van der Waals surface area (Å²) in [6.07, 6.45) is 20.2. The molecule has 0 aromatic carbocycles. The molecule has 1 aliphatic carbocycles. The number of nitrogens with two attached hydrogens (primary N) is 1. The first-order valence-electron chi connectivity index (χ1n) is 9.08. The fourth-order valence-electron chi connectivity index (χ4n) is 3.69. The fraction of sp³-hybridized carbons (Fsp3) is 1.00. The maximum absolute atomic E-state index is 5.96. The minimum Gasteiger partial charge on any atom is -0.330 e. The van der Waals surface area contributed by atoms with Gasteiger partial charge in [-0.2, -0.15) is 0 Å². The molecule has 0 bridgehead atoms. The van der Waals surface area contributed by atoms with Gasteiger partial charge in [0.2, 0.25) is 0 Å². The van der Waals surface area contributed by atoms with Gasteiger partial charge in [0.1, 0.15) is 0 Å². The van der Waals surface area contributed by atoms with Crippen LogP contribution in [0.3, 0.4) is 0 Å². The first-order valence-corrected chi connectivity index (χ1v) is 9.08. The van der Waals surface area contributed by atoms with Gasteiger partial charge in [-0.05, 0) is 24.8 Å². The van der Waals surface area contributed by atoms with E-state index in [1.165, 1.54) is 89.9 Å². The van der Waals surface area contributed by atoms with Gasteiger partial charge in [0, 0.05) is 0 Å². The Morgan fingerprint density at radius 2 is 1.32 bits per heavy atom. The standard InChI is InChI=1S/C18H37N/c1-2-3-4-5-6-7-8-10-13-17-14-11-9-12-15-18(17)16-19/h17-18H,2-16,19H2,1H3. The van der Waals surface area contributed by atoms with Crippen molar-refractivity contribution in [3.8, 4) is 0 Å². The molecule has 0 saturated heterocycles. The summed E-state index contributed by atoms with van der Waals surface area (Å²) in [5.41, 5.74) is 5.96. The molecule has 114 valence electrons. The third-order valence-electron chi connectivity index (χ3n) is 5.05. The molecule has 0 aliphatic heterocycles. The van der Waals surface area contributed by atoms with Crippen LogP contribution in [0.15, 0.2) is 0 Å². The SMILES string of the molecule is CCCCCCCCCCC1CCCCCC1CN. The molecule has 2 atom stereocenters. The lowest BCUT2D eigenvalue weighted by Crippen LogP contribution is -2.22. The van der Waals surface area contributed by atoms with Crippen LogP contribution in [-0.2, 0) is 0 Å². The molecular weight excluding hydrogens is 230 g/mol. The molecule has 1 nitrogen and oxygen atoms in total. The molecule has 0 radical (unpaired) electrons. The van der Waals surface area contributed by atoms with Crippen molar-refractivity contribution >= 4 is 0 Å². The highest BCUT2D eigenvalue weighted by Crippen LogP contribution is 2.31. The Bertz CT molecular complexity index is 190. The Balaban J connectivity index is 2.00. The van der Waals surface area contributed by atoms with E-state index in [2.05, 4.69) is 6.92 Å². The summed E-state index contributed by atoms with van der Waals surface area (Å²) < 4.78 is 0. The Kier molecular flexibility index (Phi) is 10.5. The Labute approximate surface area is 121 Å². The van der Waals surface area contributed by atoms with Crippen molar-refractivity contribution in [3.63, 3.8) is 0 Å². The molecule has 2 N–H and O–H groups in total. The average molecular weight is 268 g/mol. The number of unbranched alkanes of at least 4 members (excludes halogenated alkanes) is 7. The van der Waals surface area contributed by atoms with Crippen LogP contribution in [0.25, 0.3) is 0 Å². The fourth-order valence-corrected chi connectivity index (χ4v) is 3.69. The van der Waals surface area contributed by atoms with Crippen LogP contribution >= 0.6 is 0 Å². The summed E-state index contributed by atoms with van der Waals surface area (Å²) in [6, 6.07) is 0. The smallest absolute Gasteiger partial charge is 0.00462 e. The summed E-state index contributed by atoms with van der Waals surface area (Å²) in [5, 5.41) is 0. The quantitative estimate of drug-likeness (QED) is 0.400. The zero-order valence-corrected chi connectivity index (χ0v) is 13.3. The van der Waals surface area contributed by atoms with E-state index in [4.69, 9.17) is 5.73 Å². The number of rotatable bonds is 10. The van der Waals surface area contributed by atoms with Crippen molar-refractivity contribution in [3.05, 3.63) is 0 Å². The first-order chi connectivity index (χ1) is 9.38. The van der Waals surface area contributed by atoms with Crippen molar-refractivity contribution in [1.82, 2.24) is 0 Å². The van der Waals surface area contributed by atoms with Crippen LogP contribution in [0.4, 0.5) is 0 Å². The molecule has 1 rings (SSSR count). The summed E-state index contributed by atoms with van der Waals surface area (Å²) in [4.78, 5) is 0. The molecule has 19 heavy (non-hydrogen) atoms. The topological polar surface area (TPSA) is 26.0 Å². The summed E-state index contributed by atoms with van der Waals surface area (Å²) in [7, 11) is 0. The van der Waals surface area contributed by atoms with Crippen LogP contribution < -0.4 is 5.73 Å². The van der Waals surface area contributed by atoms with Gasteiger partial charge in [-0.1, -0.05) is 90.4 Å². The van der Waals surface area contributed by atoms with Gasteiger partial charge in [-0.15, -0.1) is 0 Å². The van der Waals surface area contributed by atoms with Gasteiger partial charge in [-0.3, -0.25) is 0 Å². The summed E-state index contributed by atoms with van der Waals surface area (Å²) in [5.74, 6) is 1.79. The van der Waals surface area contributed by atoms with E-state index in [9.17, 15) is 0 Å². The molecule has 0 spiro atoms. The molecule has 0 aromatic heterocycles. The van der Waals surface area contributed by atoms with E-state index >= 15 is 0 Å². The maximum atomic E-state index is 5.96. The van der Waals surface area contributed by atoms with Gasteiger partial charge in [0.05, 0.1) is 0 Å². The predicted molar refractivity (Wildman–Crippen MR) is 86.3 cm³/mol. The first kappa shape index (κ1) is 17.0. The molecule has 1 saturated carbocycles. The minimum absolute atomic E-state index is 0.840. The molecule has 0 aromatic rings. The lowest BCUT2D eigenvalue weighted by Gasteiger charge is -2.23. The van der Waals surface area contributed by atoms with Crippen LogP contribution in [0, 0.1) is 11.8 Å². The molecule has 2 unspecified atom stereocenters. The highest BCUT2D eigenvalue weighted by molar-refractivity contribution is 4.74. The number of hydrogen-bond donors (Lipinski definition) is 1. The van der Waals surface area contributed by atoms with Crippen LogP contribution in [0.5, 0.6) is 0 Å². The monoisotopic (exact) mass is 267 g/mol. The molecule has 1 fully saturated rings. The second-order valence-electron chi connectivity index (χ2n) is 6.66. The van der Waals surface area contributed by atoms with Gasteiger partial charge < -0.3 is 5.73 Å². The third kappa shape index (κ3) is 7.97. The number of hydrogen-bond acceptors (Lipinski definition) is 1. The predicted octanol–water partition coefficient (Wildman–Crippen LogP) is 5.67. The molecule has 0 amide bonds. The van der Waals surface area contributed by atoms with Crippen molar-refractivity contribution in [2.45, 2.75) is 96.8 Å². The average Bonchev–Trinajstić information content (AvgIpc) is 2.66. The second-order valence-corrected chi connectivity index (χ2v) is 6.66. The third-order valence-corrected chi connectivity index (χ3v) is 5.05. The highest BCUT2D eigenvalue weighted by atomic mass is 14.6. The van der Waals surface area contributed by atoms with Crippen molar-refractivity contribution < 1.29 is 0 Å². The van der Waals surface area contributed by atoms with Crippen LogP contribution in [-0.4, -0.2) is 6.54 Å². The Morgan fingerprint density at radius 1 is 0.737 bits per heavy atom. The lowest BCUT2D eigenvalue weighted by molar-refractivity contribution is 0.292. The molecule has 1 aliphatic rings. The van der Waals surface area contributed by atoms with Crippen LogP contribution in [0.2, 0.25) is 0 Å². The van der Waals surface area contributed by atoms with Crippen molar-refractivity contribution in [1.29, 1.82) is 0 Å². The molecular formula is C18H37N. The molecule has 1 heteroatoms. The van der Waals surface area contributed by atoms with E-state index < -0.39 is 0 Å².